The largest absolute Gasteiger partial charge is 0.480 e. The van der Waals surface area contributed by atoms with E-state index in [1.54, 1.807) is 65.0 Å². The molecule has 5 atom stereocenters. The van der Waals surface area contributed by atoms with Crippen LogP contribution in [0.15, 0.2) is 30.3 Å². The zero-order valence-corrected chi connectivity index (χ0v) is 26.9. The summed E-state index contributed by atoms with van der Waals surface area (Å²) in [6.07, 6.45) is -1.75. The molecule has 0 spiro atoms. The number of benzene rings is 1. The van der Waals surface area contributed by atoms with Gasteiger partial charge in [0.15, 0.2) is 0 Å². The molecule has 0 heterocycles. The number of nitrogens with one attached hydrogen (secondary N) is 4. The van der Waals surface area contributed by atoms with E-state index in [2.05, 4.69) is 21.3 Å². The fraction of sp³-hybridized carbons (Fsp3) is 0.625. The van der Waals surface area contributed by atoms with Gasteiger partial charge >= 0.3 is 12.1 Å². The summed E-state index contributed by atoms with van der Waals surface area (Å²) in [6.45, 7) is 7.90. The highest BCUT2D eigenvalue weighted by Crippen LogP contribution is 2.45. The summed E-state index contributed by atoms with van der Waals surface area (Å²) in [4.78, 5) is 75.4. The number of carboxylic acids is 1. The molecule has 1 saturated carbocycles. The minimum atomic E-state index is -3.18. The van der Waals surface area contributed by atoms with Gasteiger partial charge < -0.3 is 31.1 Å². The van der Waals surface area contributed by atoms with E-state index in [4.69, 9.17) is 4.74 Å². The number of aliphatic carboxylic acids is 1. The number of Topliss-reactive ketones (excluding diaryl/α,β-unsaturated/α-hetero) is 1. The number of rotatable bonds is 17. The van der Waals surface area contributed by atoms with E-state index in [0.717, 1.165) is 0 Å². The average molecular weight is 653 g/mol. The summed E-state index contributed by atoms with van der Waals surface area (Å²) in [7, 11) is 0. The number of halogens is 2. The van der Waals surface area contributed by atoms with Gasteiger partial charge in [-0.2, -0.15) is 0 Å². The van der Waals surface area contributed by atoms with E-state index in [-0.39, 0.29) is 31.6 Å². The van der Waals surface area contributed by atoms with Crippen molar-refractivity contribution in [2.45, 2.75) is 103 Å². The predicted octanol–water partition coefficient (Wildman–Crippen LogP) is 2.98. The van der Waals surface area contributed by atoms with Crippen LogP contribution < -0.4 is 21.3 Å². The number of hydrogen-bond acceptors (Lipinski definition) is 7. The van der Waals surface area contributed by atoms with Crippen molar-refractivity contribution in [1.82, 2.24) is 21.3 Å². The molecule has 1 aromatic carbocycles. The van der Waals surface area contributed by atoms with E-state index in [1.807, 2.05) is 0 Å². The lowest BCUT2D eigenvalue weighted by Crippen LogP contribution is -2.52. The quantitative estimate of drug-likeness (QED) is 0.159. The minimum absolute atomic E-state index is 0.0137. The van der Waals surface area contributed by atoms with E-state index in [0.29, 0.717) is 12.0 Å². The van der Waals surface area contributed by atoms with Crippen LogP contribution in [-0.2, 0) is 35.1 Å². The summed E-state index contributed by atoms with van der Waals surface area (Å²) in [5.74, 6) is -10.8. The van der Waals surface area contributed by atoms with E-state index in [1.165, 1.54) is 0 Å². The van der Waals surface area contributed by atoms with Gasteiger partial charge in [0.1, 0.15) is 12.1 Å². The third kappa shape index (κ3) is 11.7. The molecule has 0 radical (unpaired) electrons. The fourth-order valence-corrected chi connectivity index (χ4v) is 5.39. The Morgan fingerprint density at radius 3 is 2.20 bits per heavy atom. The maximum Gasteiger partial charge on any atom is 0.408 e. The van der Waals surface area contributed by atoms with Crippen molar-refractivity contribution in [3.05, 3.63) is 35.9 Å². The lowest BCUT2D eigenvalue weighted by molar-refractivity contribution is -0.145. The van der Waals surface area contributed by atoms with Crippen LogP contribution in [0.2, 0.25) is 0 Å². The molecular weight excluding hydrogens is 606 g/mol. The van der Waals surface area contributed by atoms with Crippen molar-refractivity contribution in [3.63, 3.8) is 0 Å². The molecule has 1 aliphatic rings. The van der Waals surface area contributed by atoms with Crippen molar-refractivity contribution >= 4 is 35.6 Å². The SMILES string of the molecule is CCCC(NC(=O)C[C@H]1CCC(F)(F)[C@H]1CNC(=O)[C@@H](NC(=O)OC(C)C)C(C)C)C(=O)C(=O)N[C@H](Cc1ccccc1)C(=O)O. The summed E-state index contributed by atoms with van der Waals surface area (Å²) in [5.41, 5.74) is 0.629. The molecule has 256 valence electrons. The van der Waals surface area contributed by atoms with Crippen molar-refractivity contribution in [3.8, 4) is 0 Å². The minimum Gasteiger partial charge on any atom is -0.480 e. The number of alkyl carbamates (subject to hydrolysis) is 1. The predicted molar refractivity (Wildman–Crippen MR) is 164 cm³/mol. The van der Waals surface area contributed by atoms with Gasteiger partial charge in [0.2, 0.25) is 17.6 Å². The number of carbonyl (C=O) groups excluding carboxylic acids is 5. The van der Waals surface area contributed by atoms with Gasteiger partial charge in [-0.05, 0) is 44.1 Å². The first-order valence-corrected chi connectivity index (χ1v) is 15.6. The van der Waals surface area contributed by atoms with Crippen LogP contribution in [0.4, 0.5) is 13.6 Å². The number of alkyl halides is 2. The number of carboxylic acid groups (broad SMARTS) is 1. The second-order valence-corrected chi connectivity index (χ2v) is 12.3. The van der Waals surface area contributed by atoms with Crippen LogP contribution in [0.3, 0.4) is 0 Å². The van der Waals surface area contributed by atoms with Gasteiger partial charge in [-0.15, -0.1) is 0 Å². The average Bonchev–Trinajstić information content (AvgIpc) is 3.25. The molecule has 14 heteroatoms. The van der Waals surface area contributed by atoms with E-state index in [9.17, 15) is 42.7 Å². The smallest absolute Gasteiger partial charge is 0.408 e. The van der Waals surface area contributed by atoms with E-state index < -0.39 is 90.5 Å². The van der Waals surface area contributed by atoms with Crippen LogP contribution in [0.5, 0.6) is 0 Å². The van der Waals surface area contributed by atoms with Crippen molar-refractivity contribution in [1.29, 1.82) is 0 Å². The standard InChI is InChI=1S/C32H46F2N4O8/c1-6-10-23(27(40)29(42)37-24(30(43)44)15-20-11-8-7-9-12-20)36-25(39)16-21-13-14-32(33,34)22(21)17-35-28(41)26(18(2)3)38-31(45)46-19(4)5/h7-9,11-12,18-19,21-24,26H,6,10,13-17H2,1-5H3,(H,35,41)(H,36,39)(H,37,42)(H,38,45)(H,43,44)/t21-,22+,23?,24-,26+/m1/s1. The zero-order chi connectivity index (χ0) is 34.6. The van der Waals surface area contributed by atoms with Gasteiger partial charge in [-0.3, -0.25) is 19.2 Å². The molecule has 4 amide bonds. The van der Waals surface area contributed by atoms with Crippen molar-refractivity contribution < 1.29 is 47.4 Å². The normalized spacial score (nSPS) is 19.1. The monoisotopic (exact) mass is 652 g/mol. The lowest BCUT2D eigenvalue weighted by atomic mass is 9.90. The molecule has 0 bridgehead atoms. The van der Waals surface area contributed by atoms with Crippen LogP contribution in [0, 0.1) is 17.8 Å². The Bertz CT molecular complexity index is 1230. The highest BCUT2D eigenvalue weighted by Gasteiger charge is 2.50. The Labute approximate surface area is 267 Å². The zero-order valence-electron chi connectivity index (χ0n) is 26.9. The summed E-state index contributed by atoms with van der Waals surface area (Å²) < 4.78 is 34.8. The van der Waals surface area contributed by atoms with Gasteiger partial charge in [0.25, 0.3) is 11.8 Å². The third-order valence-electron chi connectivity index (χ3n) is 7.81. The first-order chi connectivity index (χ1) is 21.5. The third-order valence-corrected chi connectivity index (χ3v) is 7.81. The molecule has 0 aromatic heterocycles. The number of ketones is 1. The maximum absolute atomic E-state index is 14.9. The highest BCUT2D eigenvalue weighted by molar-refractivity contribution is 6.38. The van der Waals surface area contributed by atoms with Gasteiger partial charge in [-0.1, -0.05) is 57.5 Å². The van der Waals surface area contributed by atoms with E-state index >= 15 is 0 Å². The molecule has 1 aromatic rings. The highest BCUT2D eigenvalue weighted by atomic mass is 19.3. The van der Waals surface area contributed by atoms with Crippen LogP contribution in [-0.4, -0.2) is 77.4 Å². The van der Waals surface area contributed by atoms with Crippen LogP contribution >= 0.6 is 0 Å². The molecule has 2 rings (SSSR count). The fourth-order valence-electron chi connectivity index (χ4n) is 5.39. The molecule has 1 unspecified atom stereocenters. The Morgan fingerprint density at radius 2 is 1.63 bits per heavy atom. The van der Waals surface area contributed by atoms with Crippen LogP contribution in [0.25, 0.3) is 0 Å². The Morgan fingerprint density at radius 1 is 0.978 bits per heavy atom. The van der Waals surface area contributed by atoms with Gasteiger partial charge in [-0.25, -0.2) is 18.4 Å². The summed E-state index contributed by atoms with van der Waals surface area (Å²) in [5, 5.41) is 19.2. The lowest BCUT2D eigenvalue weighted by Gasteiger charge is -2.27. The first kappa shape index (κ1) is 38.1. The number of hydrogen-bond donors (Lipinski definition) is 5. The topological polar surface area (TPSA) is 180 Å². The number of amides is 4. The Hall–Kier alpha value is -4.10. The van der Waals surface area contributed by atoms with Crippen molar-refractivity contribution in [2.75, 3.05) is 6.54 Å². The van der Waals surface area contributed by atoms with Crippen LogP contribution in [0.1, 0.15) is 72.3 Å². The molecule has 1 fully saturated rings. The second kappa shape index (κ2) is 17.6. The number of ether oxygens (including phenoxy) is 1. The molecular formula is C32H46F2N4O8. The molecule has 5 N–H and O–H groups in total. The summed E-state index contributed by atoms with van der Waals surface area (Å²) >= 11 is 0. The Balaban J connectivity index is 2.04. The molecule has 12 nitrogen and oxygen atoms in total. The molecule has 0 saturated heterocycles. The number of carbonyl (C=O) groups is 6. The molecule has 1 aliphatic carbocycles. The summed E-state index contributed by atoms with van der Waals surface area (Å²) in [6, 6.07) is 4.81. The second-order valence-electron chi connectivity index (χ2n) is 12.3. The van der Waals surface area contributed by atoms with Gasteiger partial charge in [0, 0.05) is 31.7 Å². The first-order valence-electron chi connectivity index (χ1n) is 15.6. The van der Waals surface area contributed by atoms with Gasteiger partial charge in [0.05, 0.1) is 12.1 Å². The maximum atomic E-state index is 14.9. The Kier molecular flexibility index (Phi) is 14.5. The van der Waals surface area contributed by atoms with Crippen molar-refractivity contribution in [2.24, 2.45) is 17.8 Å². The molecule has 0 aliphatic heterocycles. The molecule has 46 heavy (non-hydrogen) atoms.